The molecule has 0 radical (unpaired) electrons. The Labute approximate surface area is 197 Å². The van der Waals surface area contributed by atoms with Gasteiger partial charge in [0.1, 0.15) is 13.2 Å². The molecule has 10 heteroatoms. The van der Waals surface area contributed by atoms with E-state index in [9.17, 15) is 13.2 Å². The average Bonchev–Trinajstić information content (AvgIpc) is 3.23. The van der Waals surface area contributed by atoms with Crippen LogP contribution in [0.3, 0.4) is 0 Å². The normalized spacial score (nSPS) is 12.9. The first-order valence-corrected chi connectivity index (χ1v) is 13.0. The Morgan fingerprint density at radius 1 is 1.06 bits per heavy atom. The Morgan fingerprint density at radius 3 is 2.55 bits per heavy atom. The number of nitrogens with one attached hydrogen (secondary N) is 2. The van der Waals surface area contributed by atoms with Crippen LogP contribution in [-0.2, 0) is 16.4 Å². The van der Waals surface area contributed by atoms with Gasteiger partial charge in [0.05, 0.1) is 9.90 Å². The van der Waals surface area contributed by atoms with Crippen LogP contribution in [0.25, 0.3) is 0 Å². The number of carbonyl (C=O) groups excluding carboxylic acids is 1. The fraction of sp³-hybridized carbons (Fsp3) is 0.304. The third kappa shape index (κ3) is 6.02. The second kappa shape index (κ2) is 10.2. The average molecular weight is 488 g/mol. The molecule has 0 bridgehead atoms. The summed E-state index contributed by atoms with van der Waals surface area (Å²) in [5, 5.41) is 6.05. The molecule has 174 valence electrons. The van der Waals surface area contributed by atoms with Crippen LogP contribution in [0.4, 0.5) is 5.69 Å². The van der Waals surface area contributed by atoms with Crippen molar-refractivity contribution in [1.29, 1.82) is 0 Å². The Balaban J connectivity index is 1.28. The molecule has 0 spiro atoms. The number of benzene rings is 2. The molecule has 8 nitrogen and oxygen atoms in total. The molecule has 3 aromatic rings. The van der Waals surface area contributed by atoms with Crippen molar-refractivity contribution in [3.8, 4) is 11.5 Å². The summed E-state index contributed by atoms with van der Waals surface area (Å²) in [6.07, 6.45) is 2.72. The van der Waals surface area contributed by atoms with Crippen LogP contribution >= 0.6 is 11.3 Å². The third-order valence-electron chi connectivity index (χ3n) is 4.99. The van der Waals surface area contributed by atoms with Crippen molar-refractivity contribution in [2.75, 3.05) is 24.5 Å². The zero-order valence-electron chi connectivity index (χ0n) is 18.2. The number of sulfonamides is 1. The van der Waals surface area contributed by atoms with Crippen molar-refractivity contribution in [1.82, 2.24) is 10.3 Å². The number of hydrogen-bond acceptors (Lipinski definition) is 7. The third-order valence-corrected chi connectivity index (χ3v) is 7.40. The maximum atomic E-state index is 12.7. The maximum Gasteiger partial charge on any atom is 0.262 e. The van der Waals surface area contributed by atoms with Crippen molar-refractivity contribution < 1.29 is 22.7 Å². The van der Waals surface area contributed by atoms with Crippen molar-refractivity contribution in [3.63, 3.8) is 0 Å². The molecule has 1 aliphatic heterocycles. The number of carbonyl (C=O) groups is 1. The predicted octanol–water partition coefficient (Wildman–Crippen LogP) is 3.78. The number of thiazole rings is 1. The highest BCUT2D eigenvalue weighted by Gasteiger charge is 2.19. The minimum absolute atomic E-state index is 0.0708. The van der Waals surface area contributed by atoms with Gasteiger partial charge in [0.2, 0.25) is 0 Å². The Hall–Kier alpha value is -3.11. The van der Waals surface area contributed by atoms with E-state index >= 15 is 0 Å². The van der Waals surface area contributed by atoms with E-state index in [-0.39, 0.29) is 10.8 Å². The smallest absolute Gasteiger partial charge is 0.262 e. The highest BCUT2D eigenvalue weighted by Crippen LogP contribution is 2.32. The second-order valence-corrected chi connectivity index (χ2v) is 10.2. The van der Waals surface area contributed by atoms with Crippen molar-refractivity contribution >= 4 is 33.0 Å². The van der Waals surface area contributed by atoms with Gasteiger partial charge < -0.3 is 14.8 Å². The topological polar surface area (TPSA) is 107 Å². The van der Waals surface area contributed by atoms with E-state index in [1.54, 1.807) is 41.7 Å². The Bertz CT molecular complexity index is 1220. The molecule has 2 heterocycles. The number of amides is 1. The number of anilines is 1. The first-order valence-electron chi connectivity index (χ1n) is 10.6. The monoisotopic (exact) mass is 487 g/mol. The molecule has 2 aromatic carbocycles. The molecular weight excluding hydrogens is 462 g/mol. The molecule has 0 fully saturated rings. The van der Waals surface area contributed by atoms with Gasteiger partial charge in [-0.3, -0.25) is 9.52 Å². The van der Waals surface area contributed by atoms with Crippen LogP contribution < -0.4 is 19.5 Å². The van der Waals surface area contributed by atoms with Gasteiger partial charge in [-0.15, -0.1) is 11.3 Å². The van der Waals surface area contributed by atoms with E-state index in [1.807, 2.05) is 12.3 Å². The lowest BCUT2D eigenvalue weighted by molar-refractivity contribution is 0.0953. The standard InChI is InChI=1S/C23H25N3O5S2/c1-16-15-32-22(25-16)4-2-3-11-24-23(27)17-5-7-18(8-6-17)26-33(28,29)19-9-10-20-21(14-19)31-13-12-30-20/h5-10,14-15,26H,2-4,11-13H2,1H3,(H,24,27). The highest BCUT2D eigenvalue weighted by atomic mass is 32.2. The van der Waals surface area contributed by atoms with Gasteiger partial charge in [0.15, 0.2) is 11.5 Å². The van der Waals surface area contributed by atoms with E-state index in [2.05, 4.69) is 15.0 Å². The van der Waals surface area contributed by atoms with Gasteiger partial charge in [-0.1, -0.05) is 0 Å². The maximum absolute atomic E-state index is 12.7. The summed E-state index contributed by atoms with van der Waals surface area (Å²) in [6.45, 7) is 3.36. The fourth-order valence-electron chi connectivity index (χ4n) is 3.32. The molecule has 4 rings (SSSR count). The minimum atomic E-state index is -3.81. The van der Waals surface area contributed by atoms with Crippen LogP contribution in [0, 0.1) is 6.92 Å². The zero-order valence-corrected chi connectivity index (χ0v) is 19.8. The number of fused-ring (bicyclic) bond motifs is 1. The quantitative estimate of drug-likeness (QED) is 0.445. The molecule has 1 aromatic heterocycles. The molecular formula is C23H25N3O5S2. The number of rotatable bonds is 9. The van der Waals surface area contributed by atoms with Crippen LogP contribution in [0.1, 0.15) is 33.9 Å². The second-order valence-electron chi connectivity index (χ2n) is 7.58. The van der Waals surface area contributed by atoms with E-state index in [0.717, 1.165) is 30.0 Å². The molecule has 0 atom stereocenters. The summed E-state index contributed by atoms with van der Waals surface area (Å²) < 4.78 is 38.9. The van der Waals surface area contributed by atoms with E-state index in [0.29, 0.717) is 42.5 Å². The fourth-order valence-corrected chi connectivity index (χ4v) is 5.21. The number of hydrogen-bond donors (Lipinski definition) is 2. The summed E-state index contributed by atoms with van der Waals surface area (Å²) in [4.78, 5) is 16.9. The van der Waals surface area contributed by atoms with Crippen LogP contribution in [0.2, 0.25) is 0 Å². The number of aromatic nitrogens is 1. The van der Waals surface area contributed by atoms with Crippen molar-refractivity contribution in [2.24, 2.45) is 0 Å². The van der Waals surface area contributed by atoms with Gasteiger partial charge in [-0.25, -0.2) is 13.4 Å². The van der Waals surface area contributed by atoms with Gasteiger partial charge in [-0.2, -0.15) is 0 Å². The lowest BCUT2D eigenvalue weighted by Gasteiger charge is -2.19. The number of ether oxygens (including phenoxy) is 2. The van der Waals surface area contributed by atoms with E-state index in [1.165, 1.54) is 12.1 Å². The predicted molar refractivity (Wildman–Crippen MR) is 127 cm³/mol. The Morgan fingerprint density at radius 2 is 1.82 bits per heavy atom. The highest BCUT2D eigenvalue weighted by molar-refractivity contribution is 7.92. The van der Waals surface area contributed by atoms with E-state index < -0.39 is 10.0 Å². The van der Waals surface area contributed by atoms with Crippen LogP contribution in [-0.4, -0.2) is 39.1 Å². The zero-order chi connectivity index (χ0) is 23.3. The first-order chi connectivity index (χ1) is 15.9. The summed E-state index contributed by atoms with van der Waals surface area (Å²) in [5.74, 6) is 0.730. The number of unbranched alkanes of at least 4 members (excludes halogenated alkanes) is 1. The molecule has 33 heavy (non-hydrogen) atoms. The molecule has 1 aliphatic rings. The minimum Gasteiger partial charge on any atom is -0.486 e. The van der Waals surface area contributed by atoms with Crippen molar-refractivity contribution in [3.05, 3.63) is 64.1 Å². The first kappa shape index (κ1) is 23.1. The lowest BCUT2D eigenvalue weighted by atomic mass is 10.2. The number of nitrogens with zero attached hydrogens (tertiary/aromatic N) is 1. The summed E-state index contributed by atoms with van der Waals surface area (Å²) in [7, 11) is -3.81. The SMILES string of the molecule is Cc1csc(CCCCNC(=O)c2ccc(NS(=O)(=O)c3ccc4c(c3)OCCO4)cc2)n1. The van der Waals surface area contributed by atoms with Crippen LogP contribution in [0.15, 0.2) is 52.7 Å². The van der Waals surface area contributed by atoms with Gasteiger partial charge in [0.25, 0.3) is 15.9 Å². The summed E-state index contributed by atoms with van der Waals surface area (Å²) in [5.41, 5.74) is 1.87. The van der Waals surface area contributed by atoms with Crippen molar-refractivity contribution in [2.45, 2.75) is 31.1 Å². The van der Waals surface area contributed by atoms with Gasteiger partial charge in [-0.05, 0) is 62.6 Å². The summed E-state index contributed by atoms with van der Waals surface area (Å²) in [6, 6.07) is 10.8. The van der Waals surface area contributed by atoms with E-state index in [4.69, 9.17) is 9.47 Å². The molecule has 0 unspecified atom stereocenters. The molecule has 1 amide bonds. The largest absolute Gasteiger partial charge is 0.486 e. The van der Waals surface area contributed by atoms with Crippen LogP contribution in [0.5, 0.6) is 11.5 Å². The molecule has 0 saturated carbocycles. The summed E-state index contributed by atoms with van der Waals surface area (Å²) >= 11 is 1.66. The molecule has 0 aliphatic carbocycles. The lowest BCUT2D eigenvalue weighted by Crippen LogP contribution is -2.24. The Kier molecular flexibility index (Phi) is 7.14. The molecule has 0 saturated heterocycles. The molecule has 2 N–H and O–H groups in total. The van der Waals surface area contributed by atoms with Gasteiger partial charge >= 0.3 is 0 Å². The number of aryl methyl sites for hydroxylation is 2. The van der Waals surface area contributed by atoms with Gasteiger partial charge in [0, 0.05) is 34.9 Å².